The number of hydrogen-bond donors (Lipinski definition) is 3. The lowest BCUT2D eigenvalue weighted by molar-refractivity contribution is -0.301. The van der Waals surface area contributed by atoms with E-state index in [0.717, 1.165) is 103 Å². The van der Waals surface area contributed by atoms with Crippen molar-refractivity contribution in [2.75, 3.05) is 13.2 Å². The lowest BCUT2D eigenvalue weighted by atomic mass is 9.98. The summed E-state index contributed by atoms with van der Waals surface area (Å²) in [6.45, 7) is 5.92. The third-order valence-corrected chi connectivity index (χ3v) is 15.4. The van der Waals surface area contributed by atoms with Crippen LogP contribution in [0, 0.1) is 0 Å². The number of aliphatic hydroxyl groups is 2. The van der Waals surface area contributed by atoms with Gasteiger partial charge in [0, 0.05) is 19.3 Å². The molecule has 0 amide bonds. The van der Waals surface area contributed by atoms with Crippen molar-refractivity contribution in [3.63, 3.8) is 0 Å². The molecule has 1 aliphatic rings. The first-order valence-corrected chi connectivity index (χ1v) is 33.6. The normalized spacial score (nSPS) is 18.0. The van der Waals surface area contributed by atoms with Crippen molar-refractivity contribution in [1.82, 2.24) is 0 Å². The fourth-order valence-corrected chi connectivity index (χ4v) is 10.3. The Balaban J connectivity index is 2.63. The van der Waals surface area contributed by atoms with Crippen LogP contribution in [0.4, 0.5) is 0 Å². The Labute approximate surface area is 494 Å². The van der Waals surface area contributed by atoms with Crippen LogP contribution in [0.15, 0.2) is 48.6 Å². The molecule has 6 atom stereocenters. The van der Waals surface area contributed by atoms with E-state index in [-0.39, 0.29) is 25.9 Å². The monoisotopic (exact) mass is 1140 g/mol. The highest BCUT2D eigenvalue weighted by Gasteiger charge is 2.50. The molecule has 3 N–H and O–H groups in total. The molecule has 0 bridgehead atoms. The maximum absolute atomic E-state index is 13.2. The van der Waals surface area contributed by atoms with Gasteiger partial charge in [-0.05, 0) is 77.0 Å². The molecule has 0 radical (unpaired) electrons. The molecule has 12 heteroatoms. The average Bonchev–Trinajstić information content (AvgIpc) is 3.53. The highest BCUT2D eigenvalue weighted by Crippen LogP contribution is 2.27. The van der Waals surface area contributed by atoms with Gasteiger partial charge >= 0.3 is 23.9 Å². The summed E-state index contributed by atoms with van der Waals surface area (Å²) in [5.74, 6) is -3.10. The first kappa shape index (κ1) is 75.7. The molecule has 1 aliphatic heterocycles. The van der Waals surface area contributed by atoms with Crippen molar-refractivity contribution in [2.45, 2.75) is 353 Å². The highest BCUT2D eigenvalue weighted by atomic mass is 16.7. The Hall–Kier alpha value is -3.32. The maximum atomic E-state index is 13.2. The van der Waals surface area contributed by atoms with Crippen molar-refractivity contribution >= 4 is 23.9 Å². The van der Waals surface area contributed by atoms with E-state index in [1.165, 1.54) is 154 Å². The van der Waals surface area contributed by atoms with E-state index in [4.69, 9.17) is 23.7 Å². The Morgan fingerprint density at radius 1 is 0.420 bits per heavy atom. The van der Waals surface area contributed by atoms with E-state index in [0.29, 0.717) is 19.3 Å². The van der Waals surface area contributed by atoms with Crippen molar-refractivity contribution in [2.24, 2.45) is 0 Å². The van der Waals surface area contributed by atoms with E-state index in [9.17, 15) is 34.5 Å². The Morgan fingerprint density at radius 3 is 1.20 bits per heavy atom. The van der Waals surface area contributed by atoms with E-state index in [1.807, 2.05) is 0 Å². The molecule has 1 saturated heterocycles. The summed E-state index contributed by atoms with van der Waals surface area (Å²) < 4.78 is 28.6. The fourth-order valence-electron chi connectivity index (χ4n) is 10.3. The number of aliphatic hydroxyl groups excluding tert-OH is 2. The summed E-state index contributed by atoms with van der Waals surface area (Å²) in [5.41, 5.74) is 0. The third kappa shape index (κ3) is 46.7. The number of hydrogen-bond acceptors (Lipinski definition) is 11. The minimum absolute atomic E-state index is 0.0600. The first-order valence-electron chi connectivity index (χ1n) is 33.6. The molecule has 0 aliphatic carbocycles. The predicted molar refractivity (Wildman–Crippen MR) is 331 cm³/mol. The SMILES string of the molecule is CC/C=C\C/C=C\C/C=C\CCCCCCCCCC(=O)OCC(COC1OC(C(=O)O)C(O)C(O)C1OC(=O)CCCCCCCCCCC/C=C\CCCCCCCC)OC(=O)CCCCCCCCCCCCCCCCC. The van der Waals surface area contributed by atoms with Gasteiger partial charge in [0.2, 0.25) is 0 Å². The summed E-state index contributed by atoms with van der Waals surface area (Å²) in [6.07, 6.45) is 57.8. The number of rotatable bonds is 58. The van der Waals surface area contributed by atoms with Crippen LogP contribution in [-0.2, 0) is 42.9 Å². The molecule has 12 nitrogen and oxygen atoms in total. The number of carbonyl (C=O) groups is 4. The van der Waals surface area contributed by atoms with Gasteiger partial charge in [-0.3, -0.25) is 14.4 Å². The Morgan fingerprint density at radius 2 is 0.778 bits per heavy atom. The second-order valence-corrected chi connectivity index (χ2v) is 23.1. The van der Waals surface area contributed by atoms with Gasteiger partial charge in [0.05, 0.1) is 6.61 Å². The minimum atomic E-state index is -1.90. The molecule has 470 valence electrons. The van der Waals surface area contributed by atoms with Gasteiger partial charge in [-0.2, -0.15) is 0 Å². The van der Waals surface area contributed by atoms with Crippen molar-refractivity contribution in [3.8, 4) is 0 Å². The lowest BCUT2D eigenvalue weighted by Crippen LogP contribution is -2.61. The van der Waals surface area contributed by atoms with Gasteiger partial charge in [0.1, 0.15) is 18.8 Å². The summed E-state index contributed by atoms with van der Waals surface area (Å²) in [4.78, 5) is 51.4. The van der Waals surface area contributed by atoms with E-state index < -0.39 is 67.3 Å². The van der Waals surface area contributed by atoms with Gasteiger partial charge in [-0.25, -0.2) is 4.79 Å². The molecule has 1 heterocycles. The molecule has 0 aromatic heterocycles. The van der Waals surface area contributed by atoms with E-state index >= 15 is 0 Å². The number of unbranched alkanes of at least 4 members (excludes halogenated alkanes) is 36. The van der Waals surface area contributed by atoms with E-state index in [2.05, 4.69) is 69.4 Å². The van der Waals surface area contributed by atoms with Crippen LogP contribution in [0.3, 0.4) is 0 Å². The molecule has 1 rings (SSSR count). The third-order valence-electron chi connectivity index (χ3n) is 15.4. The Bertz CT molecular complexity index is 1590. The molecule has 0 aromatic carbocycles. The topological polar surface area (TPSA) is 175 Å². The van der Waals surface area contributed by atoms with Crippen molar-refractivity contribution in [1.29, 1.82) is 0 Å². The molecule has 1 fully saturated rings. The second-order valence-electron chi connectivity index (χ2n) is 23.1. The average molecular weight is 1140 g/mol. The van der Waals surface area contributed by atoms with Crippen LogP contribution >= 0.6 is 0 Å². The van der Waals surface area contributed by atoms with E-state index in [1.54, 1.807) is 0 Å². The van der Waals surface area contributed by atoms with Gasteiger partial charge in [-0.1, -0.05) is 268 Å². The number of carboxylic acid groups (broad SMARTS) is 1. The van der Waals surface area contributed by atoms with Crippen LogP contribution in [0.2, 0.25) is 0 Å². The number of carbonyl (C=O) groups excluding carboxylic acids is 3. The van der Waals surface area contributed by atoms with Crippen LogP contribution in [0.5, 0.6) is 0 Å². The van der Waals surface area contributed by atoms with Gasteiger partial charge < -0.3 is 39.0 Å². The lowest BCUT2D eigenvalue weighted by Gasteiger charge is -2.40. The summed E-state index contributed by atoms with van der Waals surface area (Å²) in [7, 11) is 0. The fraction of sp³-hybridized carbons (Fsp3) is 0.826. The number of carboxylic acids is 1. The maximum Gasteiger partial charge on any atom is 0.335 e. The number of ether oxygens (including phenoxy) is 5. The quantitative estimate of drug-likeness (QED) is 0.0228. The largest absolute Gasteiger partial charge is 0.479 e. The number of allylic oxidation sites excluding steroid dienone is 8. The molecular weight excluding hydrogens is 1020 g/mol. The predicted octanol–water partition coefficient (Wildman–Crippen LogP) is 18.1. The zero-order chi connectivity index (χ0) is 58.9. The number of aliphatic carboxylic acids is 1. The second kappa shape index (κ2) is 57.1. The van der Waals surface area contributed by atoms with Crippen LogP contribution in [0.1, 0.15) is 316 Å². The smallest absolute Gasteiger partial charge is 0.335 e. The van der Waals surface area contributed by atoms with Crippen LogP contribution < -0.4 is 0 Å². The van der Waals surface area contributed by atoms with Crippen molar-refractivity contribution < 1.29 is 58.2 Å². The van der Waals surface area contributed by atoms with Gasteiger partial charge in [-0.15, -0.1) is 0 Å². The first-order chi connectivity index (χ1) is 39.6. The molecule has 0 aromatic rings. The molecular formula is C69H122O12. The highest BCUT2D eigenvalue weighted by molar-refractivity contribution is 5.74. The summed E-state index contributed by atoms with van der Waals surface area (Å²) in [6, 6.07) is 0. The van der Waals surface area contributed by atoms with Gasteiger partial charge in [0.25, 0.3) is 0 Å². The number of esters is 3. The molecule has 0 spiro atoms. The zero-order valence-electron chi connectivity index (χ0n) is 52.0. The summed E-state index contributed by atoms with van der Waals surface area (Å²) >= 11 is 0. The summed E-state index contributed by atoms with van der Waals surface area (Å²) in [5, 5.41) is 31.6. The van der Waals surface area contributed by atoms with Crippen molar-refractivity contribution in [3.05, 3.63) is 48.6 Å². The van der Waals surface area contributed by atoms with Gasteiger partial charge in [0.15, 0.2) is 24.6 Å². The minimum Gasteiger partial charge on any atom is -0.479 e. The van der Waals surface area contributed by atoms with Crippen LogP contribution in [-0.4, -0.2) is 89.2 Å². The Kier molecular flexibility index (Phi) is 53.4. The molecule has 6 unspecified atom stereocenters. The molecule has 81 heavy (non-hydrogen) atoms. The zero-order valence-corrected chi connectivity index (χ0v) is 52.0. The molecule has 0 saturated carbocycles. The standard InChI is InChI=1S/C69H122O12/c1-4-7-10-13-16-19-22-25-28-30-31-33-36-39-42-45-48-51-54-57-63(72)80-67-65(74)64(73)66(68(75)76)81-69(67)78-59-60(79-62(71)56-53-50-47-44-41-38-34-27-24-21-18-15-12-9-6-3)58-77-61(70)55-52-49-46-43-40-37-35-32-29-26-23-20-17-14-11-8-5-2/h8,11,17,20,25-26,28-29,60,64-67,69,73-74H,4-7,9-10,12-16,18-19,21-24,27,30-59H2,1-3H3,(H,75,76)/b11-8-,20-17-,28-25-,29-26-. The van der Waals surface area contributed by atoms with Crippen LogP contribution in [0.25, 0.3) is 0 Å².